The van der Waals surface area contributed by atoms with Gasteiger partial charge in [-0.1, -0.05) is 18.2 Å². The standard InChI is InChI=1S/C22H18N6O.C9H8N4.CH3F/c1-15-10-16(2-4-20(15)19-7-9-25-27-14-19)11-22(29)28-21-5-3-17(12-23-21)18-6-8-24-26-13-18;10-9-2-1-7(5-11-9)8-3-4-12-13-6-8;1-2/h2-10,12-14H,11H2,1H3,(H,23,28,29);1-6H,(H2,10,11);1H3/i;;1D. The molecule has 220 valence electrons. The quantitative estimate of drug-likeness (QED) is 0.265. The fraction of sp³-hybridized carbons (Fsp3) is 0.0938. The number of nitrogens with zero attached hydrogens (tertiary/aromatic N) is 8. The van der Waals surface area contributed by atoms with Crippen molar-refractivity contribution >= 4 is 17.5 Å². The summed E-state index contributed by atoms with van der Waals surface area (Å²) < 4.78 is 15.5. The Labute approximate surface area is 254 Å². The van der Waals surface area contributed by atoms with E-state index >= 15 is 0 Å². The van der Waals surface area contributed by atoms with Crippen LogP contribution in [0.1, 0.15) is 12.5 Å². The molecule has 0 aliphatic heterocycles. The van der Waals surface area contributed by atoms with Gasteiger partial charge in [-0.3, -0.25) is 9.18 Å². The van der Waals surface area contributed by atoms with Gasteiger partial charge in [0.2, 0.25) is 5.91 Å². The van der Waals surface area contributed by atoms with Crippen molar-refractivity contribution in [1.82, 2.24) is 40.6 Å². The lowest BCUT2D eigenvalue weighted by atomic mass is 9.99. The number of carbonyl (C=O) groups is 1. The Morgan fingerprint density at radius 2 is 1.27 bits per heavy atom. The van der Waals surface area contributed by atoms with E-state index in [1.807, 2.05) is 55.5 Å². The molecule has 44 heavy (non-hydrogen) atoms. The molecule has 0 aliphatic rings. The van der Waals surface area contributed by atoms with Crippen LogP contribution in [0.15, 0.2) is 110 Å². The zero-order valence-electron chi connectivity index (χ0n) is 24.7. The Bertz CT molecular complexity index is 1760. The molecule has 6 rings (SSSR count). The molecule has 12 heteroatoms. The summed E-state index contributed by atoms with van der Waals surface area (Å²) >= 11 is 0. The maximum Gasteiger partial charge on any atom is 0.229 e. The molecule has 5 heterocycles. The number of nitrogens with two attached hydrogens (primary N) is 1. The predicted molar refractivity (Wildman–Crippen MR) is 167 cm³/mol. The maximum absolute atomic E-state index is 12.4. The first-order valence-electron chi connectivity index (χ1n) is 13.9. The number of anilines is 2. The van der Waals surface area contributed by atoms with E-state index in [1.165, 1.54) is 0 Å². The Morgan fingerprint density at radius 3 is 1.75 bits per heavy atom. The number of rotatable bonds is 6. The monoisotopic (exact) mass is 589 g/mol. The van der Waals surface area contributed by atoms with Crippen LogP contribution in [0, 0.1) is 6.92 Å². The van der Waals surface area contributed by atoms with Gasteiger partial charge >= 0.3 is 0 Å². The van der Waals surface area contributed by atoms with E-state index in [9.17, 15) is 9.18 Å². The van der Waals surface area contributed by atoms with Gasteiger partial charge in [0.1, 0.15) is 11.6 Å². The number of amides is 1. The van der Waals surface area contributed by atoms with Crippen molar-refractivity contribution in [2.24, 2.45) is 0 Å². The third kappa shape index (κ3) is 8.73. The molecule has 0 saturated carbocycles. The maximum atomic E-state index is 12.4. The van der Waals surface area contributed by atoms with Crippen LogP contribution in [-0.4, -0.2) is 53.6 Å². The first-order chi connectivity index (χ1) is 22.0. The minimum absolute atomic E-state index is 0.117. The third-order valence-corrected chi connectivity index (χ3v) is 6.20. The zero-order chi connectivity index (χ0) is 31.9. The van der Waals surface area contributed by atoms with Crippen molar-refractivity contribution in [3.05, 3.63) is 121 Å². The molecule has 0 bridgehead atoms. The molecule has 0 aliphatic carbocycles. The fourth-order valence-corrected chi connectivity index (χ4v) is 4.12. The van der Waals surface area contributed by atoms with E-state index in [2.05, 4.69) is 45.9 Å². The second-order valence-corrected chi connectivity index (χ2v) is 9.17. The lowest BCUT2D eigenvalue weighted by Gasteiger charge is -2.09. The molecule has 0 spiro atoms. The summed E-state index contributed by atoms with van der Waals surface area (Å²) in [4.78, 5) is 20.7. The summed E-state index contributed by atoms with van der Waals surface area (Å²) in [6.07, 6.45) is 13.7. The molecule has 0 unspecified atom stereocenters. The highest BCUT2D eigenvalue weighted by atomic mass is 19.1. The number of benzene rings is 1. The van der Waals surface area contributed by atoms with Crippen LogP contribution in [0.4, 0.5) is 16.0 Å². The van der Waals surface area contributed by atoms with Gasteiger partial charge in [-0.25, -0.2) is 9.97 Å². The predicted octanol–water partition coefficient (Wildman–Crippen LogP) is 5.19. The van der Waals surface area contributed by atoms with E-state index in [-0.39, 0.29) is 12.3 Å². The number of aromatic nitrogens is 8. The third-order valence-electron chi connectivity index (χ3n) is 6.20. The van der Waals surface area contributed by atoms with Crippen LogP contribution in [0.5, 0.6) is 0 Å². The molecule has 11 nitrogen and oxygen atoms in total. The lowest BCUT2D eigenvalue weighted by Crippen LogP contribution is -2.15. The zero-order valence-corrected chi connectivity index (χ0v) is 23.7. The number of nitrogens with one attached hydrogen (secondary N) is 1. The minimum atomic E-state index is -1.00. The number of hydrogen-bond donors (Lipinski definition) is 2. The average molecular weight is 590 g/mol. The van der Waals surface area contributed by atoms with Crippen LogP contribution in [-0.2, 0) is 11.2 Å². The normalized spacial score (nSPS) is 10.3. The summed E-state index contributed by atoms with van der Waals surface area (Å²) in [7, 11) is -1.00. The Morgan fingerprint density at radius 1 is 0.727 bits per heavy atom. The number of nitrogen functional groups attached to an aromatic ring is 1. The topological polar surface area (TPSA) is 158 Å². The Balaban J connectivity index is 0.000000239. The van der Waals surface area contributed by atoms with Crippen molar-refractivity contribution in [2.75, 3.05) is 18.2 Å². The van der Waals surface area contributed by atoms with Gasteiger partial charge in [0.25, 0.3) is 0 Å². The number of pyridine rings is 2. The van der Waals surface area contributed by atoms with Crippen molar-refractivity contribution in [2.45, 2.75) is 13.3 Å². The van der Waals surface area contributed by atoms with Gasteiger partial charge in [-0.05, 0) is 66.1 Å². The SMILES string of the molecule is Cc1cc(CC(=O)Nc2ccc(-c3ccnnc3)cn2)ccc1-c1ccnnc1.Nc1ccc(-c2ccnnc2)cn1.[2H]CF. The van der Waals surface area contributed by atoms with Crippen LogP contribution >= 0.6 is 0 Å². The summed E-state index contributed by atoms with van der Waals surface area (Å²) in [5.74, 6) is 0.913. The van der Waals surface area contributed by atoms with E-state index < -0.39 is 7.15 Å². The first kappa shape index (κ1) is 29.5. The molecule has 6 aromatic rings. The number of aryl methyl sites for hydroxylation is 1. The van der Waals surface area contributed by atoms with Crippen LogP contribution in [0.3, 0.4) is 0 Å². The van der Waals surface area contributed by atoms with Crippen molar-refractivity contribution in [3.63, 3.8) is 0 Å². The van der Waals surface area contributed by atoms with E-state index in [0.29, 0.717) is 11.6 Å². The van der Waals surface area contributed by atoms with Crippen LogP contribution in [0.25, 0.3) is 33.4 Å². The second-order valence-electron chi connectivity index (χ2n) is 9.17. The van der Waals surface area contributed by atoms with Crippen molar-refractivity contribution in [1.29, 1.82) is 0 Å². The summed E-state index contributed by atoms with van der Waals surface area (Å²) in [5.41, 5.74) is 13.4. The number of hydrogen-bond acceptors (Lipinski definition) is 10. The highest BCUT2D eigenvalue weighted by Crippen LogP contribution is 2.24. The average Bonchev–Trinajstić information content (AvgIpc) is 3.07. The van der Waals surface area contributed by atoms with Gasteiger partial charge in [-0.15, -0.1) is 0 Å². The van der Waals surface area contributed by atoms with E-state index in [4.69, 9.17) is 7.10 Å². The Hall–Kier alpha value is -6.04. The van der Waals surface area contributed by atoms with Crippen LogP contribution in [0.2, 0.25) is 0 Å². The second kappa shape index (κ2) is 15.8. The van der Waals surface area contributed by atoms with E-state index in [0.717, 1.165) is 44.5 Å². The summed E-state index contributed by atoms with van der Waals surface area (Å²) in [6.45, 7) is 2.02. The molecule has 0 radical (unpaired) electrons. The minimum Gasteiger partial charge on any atom is -0.384 e. The molecular weight excluding hydrogens is 559 g/mol. The summed E-state index contributed by atoms with van der Waals surface area (Å²) in [6, 6.07) is 19.0. The number of alkyl halides is 1. The van der Waals surface area contributed by atoms with Gasteiger partial charge in [0, 0.05) is 40.2 Å². The molecule has 1 aromatic carbocycles. The molecule has 0 atom stereocenters. The van der Waals surface area contributed by atoms with E-state index in [1.54, 1.807) is 61.7 Å². The van der Waals surface area contributed by atoms with Gasteiger partial charge < -0.3 is 11.1 Å². The molecular formula is C32H29FN10O. The molecule has 1 amide bonds. The molecule has 3 N–H and O–H groups in total. The summed E-state index contributed by atoms with van der Waals surface area (Å²) in [5, 5.41) is 25.6. The van der Waals surface area contributed by atoms with Gasteiger partial charge in [0.15, 0.2) is 0 Å². The molecule has 5 aromatic heterocycles. The highest BCUT2D eigenvalue weighted by Gasteiger charge is 2.09. The number of halogens is 1. The van der Waals surface area contributed by atoms with Crippen LogP contribution < -0.4 is 11.1 Å². The van der Waals surface area contributed by atoms with Gasteiger partial charge in [-0.2, -0.15) is 30.6 Å². The molecule has 0 fully saturated rings. The first-order valence-corrected chi connectivity index (χ1v) is 13.2. The fourth-order valence-electron chi connectivity index (χ4n) is 4.12. The highest BCUT2D eigenvalue weighted by molar-refractivity contribution is 5.91. The largest absolute Gasteiger partial charge is 0.384 e. The number of carbonyl (C=O) groups excluding carboxylic acids is 1. The van der Waals surface area contributed by atoms with Crippen molar-refractivity contribution < 1.29 is 10.6 Å². The Kier molecular flexibility index (Phi) is 10.6. The van der Waals surface area contributed by atoms with Crippen molar-refractivity contribution in [3.8, 4) is 33.4 Å². The lowest BCUT2D eigenvalue weighted by molar-refractivity contribution is -0.115. The van der Waals surface area contributed by atoms with Gasteiger partial charge in [0.05, 0.1) is 52.1 Å². The molecule has 0 saturated heterocycles. The smallest absolute Gasteiger partial charge is 0.229 e.